The fraction of sp³-hybridized carbons (Fsp3) is 0.278. The van der Waals surface area contributed by atoms with Crippen molar-refractivity contribution in [1.82, 2.24) is 4.90 Å². The first kappa shape index (κ1) is 17.6. The summed E-state index contributed by atoms with van der Waals surface area (Å²) in [6.45, 7) is 1.32. The number of amides is 1. The molecule has 0 spiro atoms. The van der Waals surface area contributed by atoms with E-state index in [1.807, 2.05) is 0 Å². The molecule has 3 rings (SSSR count). The van der Waals surface area contributed by atoms with Crippen LogP contribution >= 0.6 is 11.6 Å². The van der Waals surface area contributed by atoms with Gasteiger partial charge in [-0.05, 0) is 42.5 Å². The average Bonchev–Trinajstić information content (AvgIpc) is 2.63. The maximum Gasteiger partial charge on any atom is 0.254 e. The molecule has 2 aromatic rings. The van der Waals surface area contributed by atoms with Gasteiger partial charge in [-0.1, -0.05) is 11.6 Å². The molecule has 0 radical (unpaired) electrons. The number of carbonyl (C=O) groups is 1. The second-order valence-electron chi connectivity index (χ2n) is 5.64. The standard InChI is InChI=1S/C18H16ClF2NO3/c19-16-6-1-12(9-17(16)21)18(23)22-7-8-24-15(10-22)11-25-14-4-2-13(20)3-5-14/h1-6,9,15H,7-8,10-11H2. The molecule has 1 saturated heterocycles. The molecule has 1 amide bonds. The van der Waals surface area contributed by atoms with Crippen LogP contribution < -0.4 is 4.74 Å². The molecule has 25 heavy (non-hydrogen) atoms. The number of carbonyl (C=O) groups excluding carboxylic acids is 1. The summed E-state index contributed by atoms with van der Waals surface area (Å²) in [4.78, 5) is 14.1. The van der Waals surface area contributed by atoms with Gasteiger partial charge < -0.3 is 14.4 Å². The van der Waals surface area contributed by atoms with Crippen molar-refractivity contribution >= 4 is 17.5 Å². The average molecular weight is 368 g/mol. The van der Waals surface area contributed by atoms with Gasteiger partial charge in [0, 0.05) is 12.1 Å². The van der Waals surface area contributed by atoms with Gasteiger partial charge in [-0.15, -0.1) is 0 Å². The zero-order chi connectivity index (χ0) is 17.8. The molecule has 0 saturated carbocycles. The van der Waals surface area contributed by atoms with E-state index in [1.54, 1.807) is 4.90 Å². The van der Waals surface area contributed by atoms with Gasteiger partial charge in [-0.2, -0.15) is 0 Å². The molecule has 2 aromatic carbocycles. The van der Waals surface area contributed by atoms with Crippen LogP contribution in [0.15, 0.2) is 42.5 Å². The van der Waals surface area contributed by atoms with Gasteiger partial charge in [0.2, 0.25) is 0 Å². The number of benzene rings is 2. The normalized spacial score (nSPS) is 17.4. The molecule has 1 heterocycles. The predicted molar refractivity (Wildman–Crippen MR) is 88.9 cm³/mol. The molecule has 132 valence electrons. The summed E-state index contributed by atoms with van der Waals surface area (Å²) in [5.41, 5.74) is 0.238. The van der Waals surface area contributed by atoms with E-state index < -0.39 is 5.82 Å². The molecular formula is C18H16ClF2NO3. The predicted octanol–water partition coefficient (Wildman–Crippen LogP) is 3.54. The molecule has 0 aliphatic carbocycles. The molecular weight excluding hydrogens is 352 g/mol. The topological polar surface area (TPSA) is 38.8 Å². The summed E-state index contributed by atoms with van der Waals surface area (Å²) in [5.74, 6) is -0.732. The summed E-state index contributed by atoms with van der Waals surface area (Å²) < 4.78 is 37.6. The van der Waals surface area contributed by atoms with Crippen molar-refractivity contribution in [2.24, 2.45) is 0 Å². The molecule has 1 unspecified atom stereocenters. The zero-order valence-electron chi connectivity index (χ0n) is 13.3. The Labute approximate surface area is 148 Å². The first-order valence-electron chi connectivity index (χ1n) is 7.77. The second-order valence-corrected chi connectivity index (χ2v) is 6.04. The van der Waals surface area contributed by atoms with E-state index >= 15 is 0 Å². The third kappa shape index (κ3) is 4.46. The minimum absolute atomic E-state index is 0.0240. The number of rotatable bonds is 4. The van der Waals surface area contributed by atoms with Crippen molar-refractivity contribution in [3.63, 3.8) is 0 Å². The van der Waals surface area contributed by atoms with E-state index in [-0.39, 0.29) is 35.0 Å². The molecule has 4 nitrogen and oxygen atoms in total. The summed E-state index contributed by atoms with van der Waals surface area (Å²) in [6, 6.07) is 9.65. The van der Waals surface area contributed by atoms with Gasteiger partial charge >= 0.3 is 0 Å². The number of hydrogen-bond donors (Lipinski definition) is 0. The van der Waals surface area contributed by atoms with E-state index in [2.05, 4.69) is 0 Å². The minimum Gasteiger partial charge on any atom is -0.491 e. The Morgan fingerprint density at radius 3 is 2.72 bits per heavy atom. The first-order valence-corrected chi connectivity index (χ1v) is 8.15. The Hall–Kier alpha value is -2.18. The Morgan fingerprint density at radius 1 is 1.24 bits per heavy atom. The second kappa shape index (κ2) is 7.80. The first-order chi connectivity index (χ1) is 12.0. The molecule has 1 aliphatic rings. The van der Waals surface area contributed by atoms with Crippen LogP contribution in [-0.4, -0.2) is 43.2 Å². The van der Waals surface area contributed by atoms with E-state index in [1.165, 1.54) is 36.4 Å². The van der Waals surface area contributed by atoms with E-state index in [9.17, 15) is 13.6 Å². The minimum atomic E-state index is -0.628. The Balaban J connectivity index is 1.59. The highest BCUT2D eigenvalue weighted by Crippen LogP contribution is 2.18. The molecule has 0 aromatic heterocycles. The lowest BCUT2D eigenvalue weighted by Gasteiger charge is -2.33. The number of halogens is 3. The van der Waals surface area contributed by atoms with Gasteiger partial charge in [-0.3, -0.25) is 4.79 Å². The Kier molecular flexibility index (Phi) is 5.50. The molecule has 7 heteroatoms. The third-order valence-corrected chi connectivity index (χ3v) is 4.15. The highest BCUT2D eigenvalue weighted by molar-refractivity contribution is 6.30. The van der Waals surface area contributed by atoms with Crippen molar-refractivity contribution in [1.29, 1.82) is 0 Å². The molecule has 1 aliphatic heterocycles. The van der Waals surface area contributed by atoms with Crippen molar-refractivity contribution in [3.05, 3.63) is 64.7 Å². The number of ether oxygens (including phenoxy) is 2. The lowest BCUT2D eigenvalue weighted by Crippen LogP contribution is -2.47. The molecule has 1 fully saturated rings. The summed E-state index contributed by atoms with van der Waals surface area (Å²) in [6.07, 6.45) is -0.320. The Morgan fingerprint density at radius 2 is 2.00 bits per heavy atom. The van der Waals surface area contributed by atoms with Crippen molar-refractivity contribution in [2.45, 2.75) is 6.10 Å². The van der Waals surface area contributed by atoms with Gasteiger partial charge in [0.1, 0.15) is 30.1 Å². The van der Waals surface area contributed by atoms with Crippen molar-refractivity contribution < 1.29 is 23.0 Å². The Bertz CT molecular complexity index is 754. The lowest BCUT2D eigenvalue weighted by atomic mass is 10.1. The van der Waals surface area contributed by atoms with E-state index in [0.717, 1.165) is 6.07 Å². The van der Waals surface area contributed by atoms with Gasteiger partial charge in [0.15, 0.2) is 0 Å². The summed E-state index contributed by atoms with van der Waals surface area (Å²) in [5, 5.41) is -0.0240. The van der Waals surface area contributed by atoms with Crippen molar-refractivity contribution in [2.75, 3.05) is 26.3 Å². The molecule has 0 N–H and O–H groups in total. The van der Waals surface area contributed by atoms with E-state index in [4.69, 9.17) is 21.1 Å². The number of hydrogen-bond acceptors (Lipinski definition) is 3. The highest BCUT2D eigenvalue weighted by atomic mass is 35.5. The maximum atomic E-state index is 13.5. The van der Waals surface area contributed by atoms with Crippen LogP contribution in [0.5, 0.6) is 5.75 Å². The van der Waals surface area contributed by atoms with Crippen molar-refractivity contribution in [3.8, 4) is 5.75 Å². The van der Waals surface area contributed by atoms with Crippen LogP contribution in [-0.2, 0) is 4.74 Å². The van der Waals surface area contributed by atoms with E-state index in [0.29, 0.717) is 25.4 Å². The molecule has 0 bridgehead atoms. The lowest BCUT2D eigenvalue weighted by molar-refractivity contribution is -0.0401. The van der Waals surface area contributed by atoms with Gasteiger partial charge in [-0.25, -0.2) is 8.78 Å². The van der Waals surface area contributed by atoms with Crippen LogP contribution in [0.1, 0.15) is 10.4 Å². The van der Waals surface area contributed by atoms with Crippen LogP contribution in [0.25, 0.3) is 0 Å². The fourth-order valence-corrected chi connectivity index (χ4v) is 2.65. The largest absolute Gasteiger partial charge is 0.491 e. The summed E-state index contributed by atoms with van der Waals surface area (Å²) >= 11 is 5.64. The smallest absolute Gasteiger partial charge is 0.254 e. The monoisotopic (exact) mass is 367 g/mol. The van der Waals surface area contributed by atoms with Crippen LogP contribution in [0.3, 0.4) is 0 Å². The maximum absolute atomic E-state index is 13.5. The van der Waals surface area contributed by atoms with Gasteiger partial charge in [0.05, 0.1) is 18.2 Å². The third-order valence-electron chi connectivity index (χ3n) is 3.84. The van der Waals surface area contributed by atoms with Gasteiger partial charge in [0.25, 0.3) is 5.91 Å². The summed E-state index contributed by atoms with van der Waals surface area (Å²) in [7, 11) is 0. The number of nitrogens with zero attached hydrogens (tertiary/aromatic N) is 1. The fourth-order valence-electron chi connectivity index (χ4n) is 2.54. The quantitative estimate of drug-likeness (QED) is 0.829. The number of morpholine rings is 1. The van der Waals surface area contributed by atoms with Crippen LogP contribution in [0, 0.1) is 11.6 Å². The molecule has 1 atom stereocenters. The highest BCUT2D eigenvalue weighted by Gasteiger charge is 2.26. The van der Waals surface area contributed by atoms with Crippen LogP contribution in [0.2, 0.25) is 5.02 Å². The van der Waals surface area contributed by atoms with Crippen LogP contribution in [0.4, 0.5) is 8.78 Å². The zero-order valence-corrected chi connectivity index (χ0v) is 14.0. The SMILES string of the molecule is O=C(c1ccc(Cl)c(F)c1)N1CCOC(COc2ccc(F)cc2)C1.